The van der Waals surface area contributed by atoms with Crippen molar-refractivity contribution in [1.29, 1.82) is 0 Å². The second-order valence-corrected chi connectivity index (χ2v) is 8.28. The minimum atomic E-state index is -0.0960. The van der Waals surface area contributed by atoms with Crippen LogP contribution in [0.25, 0.3) is 10.9 Å². The summed E-state index contributed by atoms with van der Waals surface area (Å²) in [6.45, 7) is 6.90. The first-order chi connectivity index (χ1) is 11.4. The Morgan fingerprint density at radius 3 is 2.83 bits per heavy atom. The van der Waals surface area contributed by atoms with Crippen molar-refractivity contribution in [2.45, 2.75) is 46.1 Å². The molecule has 1 aromatic heterocycles. The lowest BCUT2D eigenvalue weighted by atomic mass is 9.68. The van der Waals surface area contributed by atoms with Crippen molar-refractivity contribution in [3.8, 4) is 5.75 Å². The molecule has 2 N–H and O–H groups in total. The number of carbonyl (C=O) groups excluding carboxylic acids is 1. The van der Waals surface area contributed by atoms with E-state index in [4.69, 9.17) is 4.74 Å². The number of carbonyl (C=O) groups is 1. The molecule has 3 atom stereocenters. The molecule has 0 radical (unpaired) electrons. The molecule has 3 unspecified atom stereocenters. The van der Waals surface area contributed by atoms with Gasteiger partial charge in [0.25, 0.3) is 5.91 Å². The van der Waals surface area contributed by atoms with E-state index in [0.29, 0.717) is 17.4 Å². The lowest BCUT2D eigenvalue weighted by molar-refractivity contribution is 0.0734. The molecule has 2 aromatic rings. The first-order valence-corrected chi connectivity index (χ1v) is 8.69. The number of nitrogens with zero attached hydrogens (tertiary/aromatic N) is 1. The third kappa shape index (κ3) is 2.00. The van der Waals surface area contributed by atoms with Gasteiger partial charge in [-0.1, -0.05) is 32.9 Å². The zero-order valence-corrected chi connectivity index (χ0v) is 14.8. The van der Waals surface area contributed by atoms with Crippen LogP contribution in [0.15, 0.2) is 18.2 Å². The first-order valence-electron chi connectivity index (χ1n) is 8.69. The van der Waals surface area contributed by atoms with Crippen LogP contribution in [0.1, 0.15) is 50.5 Å². The van der Waals surface area contributed by atoms with Gasteiger partial charge in [0, 0.05) is 11.4 Å². The Morgan fingerprint density at radius 2 is 2.17 bits per heavy atom. The average Bonchev–Trinajstić information content (AvgIpc) is 3.20. The molecule has 2 fully saturated rings. The number of aromatic amines is 1. The largest absolute Gasteiger partial charge is 0.494 e. The predicted octanol–water partition coefficient (Wildman–Crippen LogP) is 3.52. The zero-order valence-electron chi connectivity index (χ0n) is 14.8. The highest BCUT2D eigenvalue weighted by Gasteiger charge is 2.59. The molecule has 5 heteroatoms. The van der Waals surface area contributed by atoms with Crippen molar-refractivity contribution in [3.05, 3.63) is 23.9 Å². The summed E-state index contributed by atoms with van der Waals surface area (Å²) in [5.74, 6) is 1.30. The van der Waals surface area contributed by atoms with Crippen LogP contribution < -0.4 is 10.1 Å². The molecule has 0 aliphatic heterocycles. The quantitative estimate of drug-likeness (QED) is 0.906. The normalized spacial score (nSPS) is 30.7. The number of nitrogens with one attached hydrogen (secondary N) is 2. The van der Waals surface area contributed by atoms with Crippen LogP contribution in [0.4, 0.5) is 0 Å². The maximum absolute atomic E-state index is 12.9. The van der Waals surface area contributed by atoms with Crippen LogP contribution in [0.5, 0.6) is 5.75 Å². The molecule has 128 valence electrons. The third-order valence-electron chi connectivity index (χ3n) is 6.54. The second-order valence-electron chi connectivity index (χ2n) is 8.28. The Balaban J connectivity index is 1.66. The number of H-pyrrole nitrogens is 1. The molecule has 1 amide bonds. The molecule has 4 rings (SSSR count). The lowest BCUT2D eigenvalue weighted by Crippen LogP contribution is -2.52. The van der Waals surface area contributed by atoms with Gasteiger partial charge >= 0.3 is 0 Å². The number of aromatic nitrogens is 2. The highest BCUT2D eigenvalue weighted by atomic mass is 16.5. The Labute approximate surface area is 142 Å². The highest BCUT2D eigenvalue weighted by Crippen LogP contribution is 2.62. The summed E-state index contributed by atoms with van der Waals surface area (Å²) in [6.07, 6.45) is 3.68. The Morgan fingerprint density at radius 1 is 1.38 bits per heavy atom. The summed E-state index contributed by atoms with van der Waals surface area (Å²) in [5, 5.41) is 11.3. The Kier molecular flexibility index (Phi) is 3.21. The highest BCUT2D eigenvalue weighted by molar-refractivity contribution is 6.06. The van der Waals surface area contributed by atoms with Gasteiger partial charge in [-0.2, -0.15) is 5.10 Å². The van der Waals surface area contributed by atoms with Crippen molar-refractivity contribution in [3.63, 3.8) is 0 Å². The minimum absolute atomic E-state index is 0.0960. The zero-order chi connectivity index (χ0) is 17.1. The molecule has 0 spiro atoms. The third-order valence-corrected chi connectivity index (χ3v) is 6.54. The van der Waals surface area contributed by atoms with Gasteiger partial charge in [-0.25, -0.2) is 0 Å². The number of rotatable bonds is 3. The Hall–Kier alpha value is -2.04. The first kappa shape index (κ1) is 15.5. The van der Waals surface area contributed by atoms with E-state index in [1.54, 1.807) is 7.11 Å². The minimum Gasteiger partial charge on any atom is -0.494 e. The van der Waals surface area contributed by atoms with Crippen LogP contribution in [-0.2, 0) is 0 Å². The fourth-order valence-electron chi connectivity index (χ4n) is 5.22. The number of fused-ring (bicyclic) bond motifs is 3. The summed E-state index contributed by atoms with van der Waals surface area (Å²) in [6, 6.07) is 5.84. The van der Waals surface area contributed by atoms with Crippen LogP contribution in [0.3, 0.4) is 0 Å². The number of methoxy groups -OCH3 is 1. The van der Waals surface area contributed by atoms with Crippen LogP contribution in [0, 0.1) is 16.7 Å². The van der Waals surface area contributed by atoms with E-state index < -0.39 is 0 Å². The second kappa shape index (κ2) is 4.98. The summed E-state index contributed by atoms with van der Waals surface area (Å²) >= 11 is 0. The molecule has 0 saturated heterocycles. The number of hydrogen-bond donors (Lipinski definition) is 2. The van der Waals surface area contributed by atoms with Gasteiger partial charge in [-0.15, -0.1) is 0 Å². The van der Waals surface area contributed by atoms with E-state index in [2.05, 4.69) is 36.3 Å². The monoisotopic (exact) mass is 327 g/mol. The number of benzene rings is 1. The van der Waals surface area contributed by atoms with E-state index in [-0.39, 0.29) is 22.8 Å². The predicted molar refractivity (Wildman–Crippen MR) is 93.1 cm³/mol. The molecule has 24 heavy (non-hydrogen) atoms. The standard InChI is InChI=1S/C19H25N3O2/c1-18(2)11-8-9-19(3,10-11)17(18)20-16(23)15-12-6-5-7-13(24-4)14(12)21-22-15/h5-7,11,17H,8-10H2,1-4H3,(H,20,23)(H,21,22). The van der Waals surface area contributed by atoms with Gasteiger partial charge in [-0.3, -0.25) is 9.89 Å². The SMILES string of the molecule is COc1cccc2c(C(=O)NC3C4(C)CCC(C4)C3(C)C)n[nH]c12. The van der Waals surface area contributed by atoms with Crippen molar-refractivity contribution >= 4 is 16.8 Å². The van der Waals surface area contributed by atoms with Crippen molar-refractivity contribution in [2.75, 3.05) is 7.11 Å². The molecule has 2 aliphatic rings. The molecule has 2 bridgehead atoms. The maximum Gasteiger partial charge on any atom is 0.272 e. The van der Waals surface area contributed by atoms with E-state index in [9.17, 15) is 4.79 Å². The number of ether oxygens (including phenoxy) is 1. The van der Waals surface area contributed by atoms with Crippen LogP contribution in [-0.4, -0.2) is 29.3 Å². The van der Waals surface area contributed by atoms with Gasteiger partial charge in [0.2, 0.25) is 0 Å². The topological polar surface area (TPSA) is 67.0 Å². The number of amides is 1. The smallest absolute Gasteiger partial charge is 0.272 e. The van der Waals surface area contributed by atoms with E-state index >= 15 is 0 Å². The van der Waals surface area contributed by atoms with Gasteiger partial charge in [0.15, 0.2) is 5.69 Å². The molecule has 2 saturated carbocycles. The molecule has 1 aromatic carbocycles. The molecule has 2 aliphatic carbocycles. The van der Waals surface area contributed by atoms with E-state index in [0.717, 1.165) is 10.9 Å². The fraction of sp³-hybridized carbons (Fsp3) is 0.579. The molecule has 5 nitrogen and oxygen atoms in total. The lowest BCUT2D eigenvalue weighted by Gasteiger charge is -2.43. The van der Waals surface area contributed by atoms with Crippen LogP contribution >= 0.6 is 0 Å². The summed E-state index contributed by atoms with van der Waals surface area (Å²) < 4.78 is 5.34. The van der Waals surface area contributed by atoms with Gasteiger partial charge in [0.1, 0.15) is 11.3 Å². The summed E-state index contributed by atoms with van der Waals surface area (Å²) in [7, 11) is 1.62. The molecule has 1 heterocycles. The van der Waals surface area contributed by atoms with Crippen LogP contribution in [0.2, 0.25) is 0 Å². The van der Waals surface area contributed by atoms with E-state index in [1.165, 1.54) is 19.3 Å². The van der Waals surface area contributed by atoms with Gasteiger partial charge in [0.05, 0.1) is 7.11 Å². The van der Waals surface area contributed by atoms with Crippen molar-refractivity contribution in [2.24, 2.45) is 16.7 Å². The number of hydrogen-bond acceptors (Lipinski definition) is 3. The van der Waals surface area contributed by atoms with Crippen molar-refractivity contribution < 1.29 is 9.53 Å². The van der Waals surface area contributed by atoms with Gasteiger partial charge in [-0.05, 0) is 42.1 Å². The maximum atomic E-state index is 12.9. The summed E-state index contributed by atoms with van der Waals surface area (Å²) in [4.78, 5) is 12.9. The molecular formula is C19H25N3O2. The number of para-hydroxylation sites is 1. The van der Waals surface area contributed by atoms with Gasteiger partial charge < -0.3 is 10.1 Å². The van der Waals surface area contributed by atoms with Crippen molar-refractivity contribution in [1.82, 2.24) is 15.5 Å². The molecular weight excluding hydrogens is 302 g/mol. The average molecular weight is 327 g/mol. The summed E-state index contributed by atoms with van der Waals surface area (Å²) in [5.41, 5.74) is 1.55. The van der Waals surface area contributed by atoms with E-state index in [1.807, 2.05) is 18.2 Å². The Bertz CT molecular complexity index is 805. The fourth-order valence-corrected chi connectivity index (χ4v) is 5.22.